The molecular weight excluding hydrogens is 443 g/mol. The van der Waals surface area contributed by atoms with E-state index in [9.17, 15) is 9.90 Å². The number of aliphatic hydroxyl groups is 1. The summed E-state index contributed by atoms with van der Waals surface area (Å²) in [7, 11) is 0. The van der Waals surface area contributed by atoms with Gasteiger partial charge >= 0.3 is 6.03 Å². The number of amides is 2. The lowest BCUT2D eigenvalue weighted by atomic mass is 9.78. The topological polar surface area (TPSA) is 43.8 Å². The van der Waals surface area contributed by atoms with Crippen LogP contribution >= 0.6 is 23.2 Å². The number of halogens is 2. The average molecular weight is 469 g/mol. The highest BCUT2D eigenvalue weighted by atomic mass is 35.5. The van der Waals surface area contributed by atoms with Crippen molar-refractivity contribution in [1.29, 1.82) is 0 Å². The van der Waals surface area contributed by atoms with E-state index in [2.05, 4.69) is 6.92 Å². The maximum Gasteiger partial charge on any atom is 0.332 e. The Bertz CT molecular complexity index is 1130. The van der Waals surface area contributed by atoms with Crippen LogP contribution in [0.2, 0.25) is 10.0 Å². The van der Waals surface area contributed by atoms with Gasteiger partial charge in [-0.15, -0.1) is 0 Å². The number of carbonyl (C=O) groups is 1. The van der Waals surface area contributed by atoms with E-state index in [0.717, 1.165) is 12.0 Å². The van der Waals surface area contributed by atoms with Gasteiger partial charge in [-0.05, 0) is 68.8 Å². The lowest BCUT2D eigenvalue weighted by Crippen LogP contribution is -2.58. The third-order valence-electron chi connectivity index (χ3n) is 6.28. The van der Waals surface area contributed by atoms with Gasteiger partial charge in [-0.2, -0.15) is 0 Å². The van der Waals surface area contributed by atoms with Crippen LogP contribution in [0.25, 0.3) is 0 Å². The van der Waals surface area contributed by atoms with Gasteiger partial charge in [0.05, 0.1) is 5.54 Å². The number of hydrogen-bond acceptors (Lipinski definition) is 2. The third-order valence-corrected chi connectivity index (χ3v) is 6.78. The van der Waals surface area contributed by atoms with Crippen molar-refractivity contribution in [3.8, 4) is 0 Å². The van der Waals surface area contributed by atoms with E-state index >= 15 is 0 Å². The third kappa shape index (κ3) is 3.47. The molecule has 166 valence electrons. The van der Waals surface area contributed by atoms with Gasteiger partial charge in [0.25, 0.3) is 0 Å². The van der Waals surface area contributed by atoms with Crippen LogP contribution in [0.4, 0.5) is 16.2 Å². The highest BCUT2D eigenvalue weighted by molar-refractivity contribution is 6.31. The minimum absolute atomic E-state index is 0.311. The quantitative estimate of drug-likeness (QED) is 0.431. The fourth-order valence-electron chi connectivity index (χ4n) is 4.79. The summed E-state index contributed by atoms with van der Waals surface area (Å²) < 4.78 is 0. The molecule has 1 N–H and O–H groups in total. The number of hydrogen-bond donors (Lipinski definition) is 1. The normalized spacial score (nSPS) is 23.1. The number of benzene rings is 3. The number of rotatable bonds is 5. The van der Waals surface area contributed by atoms with Crippen molar-refractivity contribution < 1.29 is 9.90 Å². The summed E-state index contributed by atoms with van der Waals surface area (Å²) in [6.45, 7) is 5.98. The van der Waals surface area contributed by atoms with Crippen LogP contribution in [0.1, 0.15) is 37.8 Å². The molecule has 0 radical (unpaired) electrons. The van der Waals surface area contributed by atoms with E-state index in [0.29, 0.717) is 33.4 Å². The molecular formula is C26H26Cl2N2O2. The Morgan fingerprint density at radius 1 is 0.875 bits per heavy atom. The van der Waals surface area contributed by atoms with Crippen molar-refractivity contribution in [1.82, 2.24) is 0 Å². The Morgan fingerprint density at radius 2 is 1.41 bits per heavy atom. The van der Waals surface area contributed by atoms with E-state index in [4.69, 9.17) is 23.2 Å². The maximum atomic E-state index is 14.1. The molecule has 1 fully saturated rings. The first-order chi connectivity index (χ1) is 15.2. The summed E-state index contributed by atoms with van der Waals surface area (Å²) >= 11 is 12.2. The molecule has 1 heterocycles. The molecule has 2 atom stereocenters. The van der Waals surface area contributed by atoms with Crippen LogP contribution in [-0.4, -0.2) is 16.7 Å². The zero-order chi connectivity index (χ0) is 23.1. The predicted molar refractivity (Wildman–Crippen MR) is 132 cm³/mol. The summed E-state index contributed by atoms with van der Waals surface area (Å²) in [6.07, 6.45) is 1.35. The minimum atomic E-state index is -1.63. The highest BCUT2D eigenvalue weighted by Gasteiger charge is 2.65. The zero-order valence-electron chi connectivity index (χ0n) is 18.3. The highest BCUT2D eigenvalue weighted by Crippen LogP contribution is 2.52. The number of anilines is 2. The predicted octanol–water partition coefficient (Wildman–Crippen LogP) is 7.15. The van der Waals surface area contributed by atoms with E-state index in [1.54, 1.807) is 41.3 Å². The van der Waals surface area contributed by atoms with Crippen molar-refractivity contribution in [2.75, 3.05) is 9.80 Å². The second kappa shape index (κ2) is 8.43. The number of aryl methyl sites for hydroxylation is 1. The van der Waals surface area contributed by atoms with Gasteiger partial charge in [-0.3, -0.25) is 9.80 Å². The van der Waals surface area contributed by atoms with Gasteiger partial charge in [0, 0.05) is 27.0 Å². The summed E-state index contributed by atoms with van der Waals surface area (Å²) in [4.78, 5) is 17.3. The standard InChI is InChI=1S/C26H26Cl2N2O2/c1-4-16-25(3)26(32,19-7-5-6-18(2)17-19)30(23-14-10-21(28)11-15-23)24(31)29(25)22-12-8-20(27)9-13-22/h5-15,17,32H,4,16H2,1-3H3/t25-,26?/m0/s1. The van der Waals surface area contributed by atoms with Crippen LogP contribution in [0, 0.1) is 6.92 Å². The molecule has 1 aliphatic rings. The average Bonchev–Trinajstić information content (AvgIpc) is 2.93. The van der Waals surface area contributed by atoms with E-state index in [1.807, 2.05) is 50.2 Å². The Labute approximate surface area is 199 Å². The van der Waals surface area contributed by atoms with E-state index < -0.39 is 11.3 Å². The first kappa shape index (κ1) is 22.7. The van der Waals surface area contributed by atoms with Crippen LogP contribution < -0.4 is 9.80 Å². The van der Waals surface area contributed by atoms with Crippen molar-refractivity contribution in [2.45, 2.75) is 44.9 Å². The SMILES string of the molecule is CCC[C@]1(C)N(c2ccc(Cl)cc2)C(=O)N(c2ccc(Cl)cc2)C1(O)c1cccc(C)c1. The number of nitrogens with zero attached hydrogens (tertiary/aromatic N) is 2. The van der Waals surface area contributed by atoms with E-state index in [1.165, 1.54) is 4.90 Å². The Balaban J connectivity index is 2.01. The van der Waals surface area contributed by atoms with Crippen molar-refractivity contribution >= 4 is 40.6 Å². The van der Waals surface area contributed by atoms with Gasteiger partial charge in [0.2, 0.25) is 0 Å². The number of carbonyl (C=O) groups excluding carboxylic acids is 1. The molecule has 1 saturated heterocycles. The molecule has 3 aromatic rings. The Kier molecular flexibility index (Phi) is 5.97. The molecule has 32 heavy (non-hydrogen) atoms. The smallest absolute Gasteiger partial charge is 0.332 e. The van der Waals surface area contributed by atoms with Crippen molar-refractivity contribution in [3.63, 3.8) is 0 Å². The number of urea groups is 1. The van der Waals surface area contributed by atoms with Gasteiger partial charge in [0.1, 0.15) is 0 Å². The Morgan fingerprint density at radius 3 is 1.91 bits per heavy atom. The molecule has 2 amide bonds. The molecule has 1 aliphatic heterocycles. The van der Waals surface area contributed by atoms with Gasteiger partial charge < -0.3 is 5.11 Å². The lowest BCUT2D eigenvalue weighted by molar-refractivity contribution is -0.0140. The van der Waals surface area contributed by atoms with Crippen LogP contribution in [-0.2, 0) is 5.72 Å². The minimum Gasteiger partial charge on any atom is -0.364 e. The van der Waals surface area contributed by atoms with Gasteiger partial charge in [0.15, 0.2) is 5.72 Å². The molecule has 0 saturated carbocycles. The second-order valence-corrected chi connectivity index (χ2v) is 9.34. The summed E-state index contributed by atoms with van der Waals surface area (Å²) in [5.41, 5.74) is 0.330. The van der Waals surface area contributed by atoms with Crippen molar-refractivity contribution in [3.05, 3.63) is 94.0 Å². The van der Waals surface area contributed by atoms with E-state index in [-0.39, 0.29) is 6.03 Å². The van der Waals surface area contributed by atoms with Crippen LogP contribution in [0.5, 0.6) is 0 Å². The molecule has 0 aliphatic carbocycles. The second-order valence-electron chi connectivity index (χ2n) is 8.47. The maximum absolute atomic E-state index is 14.1. The summed E-state index contributed by atoms with van der Waals surface area (Å²) in [6, 6.07) is 21.5. The van der Waals surface area contributed by atoms with Crippen molar-refractivity contribution in [2.24, 2.45) is 0 Å². The largest absolute Gasteiger partial charge is 0.364 e. The molecule has 1 unspecified atom stereocenters. The van der Waals surface area contributed by atoms with Gasteiger partial charge in [-0.1, -0.05) is 66.4 Å². The molecule has 4 nitrogen and oxygen atoms in total. The fourth-order valence-corrected chi connectivity index (χ4v) is 5.05. The monoisotopic (exact) mass is 468 g/mol. The molecule has 4 rings (SSSR count). The molecule has 0 aromatic heterocycles. The molecule has 0 spiro atoms. The Hall–Kier alpha value is -2.53. The summed E-state index contributed by atoms with van der Waals surface area (Å²) in [5.74, 6) is 0. The fraction of sp³-hybridized carbons (Fsp3) is 0.269. The van der Waals surface area contributed by atoms with Crippen LogP contribution in [0.15, 0.2) is 72.8 Å². The molecule has 3 aromatic carbocycles. The first-order valence-corrected chi connectivity index (χ1v) is 11.4. The molecule has 0 bridgehead atoms. The summed E-state index contributed by atoms with van der Waals surface area (Å²) in [5, 5.41) is 13.7. The molecule has 6 heteroatoms. The van der Waals surface area contributed by atoms with Gasteiger partial charge in [-0.25, -0.2) is 4.79 Å². The zero-order valence-corrected chi connectivity index (χ0v) is 19.9. The first-order valence-electron chi connectivity index (χ1n) is 10.7. The van der Waals surface area contributed by atoms with Crippen LogP contribution in [0.3, 0.4) is 0 Å². The lowest BCUT2D eigenvalue weighted by Gasteiger charge is -2.45.